The molecule has 1 aromatic heterocycles. The van der Waals surface area contributed by atoms with E-state index in [1.165, 1.54) is 0 Å². The van der Waals surface area contributed by atoms with Crippen LogP contribution in [0.1, 0.15) is 0 Å². The van der Waals surface area contributed by atoms with E-state index >= 15 is 0 Å². The number of hydrogen-bond acceptors (Lipinski definition) is 4. The highest BCUT2D eigenvalue weighted by atomic mass is 35.5. The fourth-order valence-electron chi connectivity index (χ4n) is 1.13. The van der Waals surface area contributed by atoms with E-state index in [0.717, 1.165) is 5.56 Å². The SMILES string of the molecule is COc1ccc(-c2noc(Cl)n2)cc1Cl. The zero-order valence-corrected chi connectivity index (χ0v) is 9.21. The summed E-state index contributed by atoms with van der Waals surface area (Å²) in [6.07, 6.45) is 0. The Balaban J connectivity index is 2.42. The zero-order valence-electron chi connectivity index (χ0n) is 7.70. The first-order chi connectivity index (χ1) is 7.20. The lowest BCUT2D eigenvalue weighted by atomic mass is 10.2. The molecular formula is C9H6Cl2N2O2. The van der Waals surface area contributed by atoms with Crippen molar-refractivity contribution in [3.05, 3.63) is 28.6 Å². The van der Waals surface area contributed by atoms with Crippen LogP contribution < -0.4 is 4.74 Å². The maximum Gasteiger partial charge on any atom is 0.320 e. The zero-order chi connectivity index (χ0) is 10.8. The molecule has 0 radical (unpaired) electrons. The topological polar surface area (TPSA) is 48.2 Å². The second-order valence-corrected chi connectivity index (χ2v) is 3.45. The number of halogens is 2. The van der Waals surface area contributed by atoms with Crippen LogP contribution in [0.2, 0.25) is 10.4 Å². The van der Waals surface area contributed by atoms with Gasteiger partial charge in [0.1, 0.15) is 5.75 Å². The Morgan fingerprint density at radius 2 is 2.13 bits per heavy atom. The van der Waals surface area contributed by atoms with Crippen molar-refractivity contribution in [3.8, 4) is 17.1 Å². The Bertz CT molecular complexity index is 485. The highest BCUT2D eigenvalue weighted by molar-refractivity contribution is 6.32. The average Bonchev–Trinajstić information content (AvgIpc) is 2.65. The summed E-state index contributed by atoms with van der Waals surface area (Å²) < 4.78 is 9.66. The Morgan fingerprint density at radius 3 is 2.67 bits per heavy atom. The van der Waals surface area contributed by atoms with E-state index in [0.29, 0.717) is 16.6 Å². The fourth-order valence-corrected chi connectivity index (χ4v) is 1.50. The van der Waals surface area contributed by atoms with Crippen LogP contribution in [-0.4, -0.2) is 17.3 Å². The summed E-state index contributed by atoms with van der Waals surface area (Å²) in [5.41, 5.74) is 0.719. The second kappa shape index (κ2) is 4.08. The maximum absolute atomic E-state index is 5.94. The number of rotatable bonds is 2. The summed E-state index contributed by atoms with van der Waals surface area (Å²) in [6, 6.07) is 5.18. The summed E-state index contributed by atoms with van der Waals surface area (Å²) in [5.74, 6) is 0.986. The third kappa shape index (κ3) is 2.06. The van der Waals surface area contributed by atoms with Crippen molar-refractivity contribution in [1.82, 2.24) is 10.1 Å². The molecule has 1 aromatic carbocycles. The predicted octanol–water partition coefficient (Wildman–Crippen LogP) is 3.05. The molecule has 0 fully saturated rings. The lowest BCUT2D eigenvalue weighted by Gasteiger charge is -2.02. The molecule has 0 aliphatic heterocycles. The maximum atomic E-state index is 5.94. The normalized spacial score (nSPS) is 10.3. The Labute approximate surface area is 95.8 Å². The van der Waals surface area contributed by atoms with Gasteiger partial charge in [0.15, 0.2) is 0 Å². The Kier molecular flexibility index (Phi) is 2.79. The number of aromatic nitrogens is 2. The molecule has 0 atom stereocenters. The van der Waals surface area contributed by atoms with E-state index < -0.39 is 0 Å². The van der Waals surface area contributed by atoms with E-state index in [1.54, 1.807) is 25.3 Å². The molecule has 4 nitrogen and oxygen atoms in total. The highest BCUT2D eigenvalue weighted by Gasteiger charge is 2.09. The van der Waals surface area contributed by atoms with Crippen LogP contribution >= 0.6 is 23.2 Å². The Hall–Kier alpha value is -1.26. The number of benzene rings is 1. The smallest absolute Gasteiger partial charge is 0.320 e. The van der Waals surface area contributed by atoms with E-state index in [2.05, 4.69) is 14.7 Å². The summed E-state index contributed by atoms with van der Waals surface area (Å²) in [7, 11) is 1.55. The number of nitrogens with zero attached hydrogens (tertiary/aromatic N) is 2. The lowest BCUT2D eigenvalue weighted by Crippen LogP contribution is -1.86. The third-order valence-electron chi connectivity index (χ3n) is 1.81. The molecule has 15 heavy (non-hydrogen) atoms. The molecule has 0 bridgehead atoms. The molecule has 0 unspecified atom stereocenters. The molecule has 0 aliphatic rings. The van der Waals surface area contributed by atoms with Gasteiger partial charge in [0.2, 0.25) is 5.82 Å². The van der Waals surface area contributed by atoms with Crippen LogP contribution in [0.25, 0.3) is 11.4 Å². The summed E-state index contributed by atoms with van der Waals surface area (Å²) in [5, 5.41) is 4.14. The summed E-state index contributed by atoms with van der Waals surface area (Å²) >= 11 is 11.5. The predicted molar refractivity (Wildman–Crippen MR) is 56.3 cm³/mol. The van der Waals surface area contributed by atoms with Gasteiger partial charge in [-0.3, -0.25) is 0 Å². The third-order valence-corrected chi connectivity index (χ3v) is 2.26. The van der Waals surface area contributed by atoms with Crippen LogP contribution in [0.15, 0.2) is 22.7 Å². The largest absolute Gasteiger partial charge is 0.495 e. The van der Waals surface area contributed by atoms with Gasteiger partial charge in [0, 0.05) is 5.56 Å². The van der Waals surface area contributed by atoms with E-state index in [-0.39, 0.29) is 5.35 Å². The van der Waals surface area contributed by atoms with Crippen molar-refractivity contribution >= 4 is 23.2 Å². The molecule has 0 saturated heterocycles. The van der Waals surface area contributed by atoms with Gasteiger partial charge >= 0.3 is 5.35 Å². The number of hydrogen-bond donors (Lipinski definition) is 0. The minimum absolute atomic E-state index is 0.00283. The van der Waals surface area contributed by atoms with E-state index in [1.807, 2.05) is 0 Å². The molecule has 0 aliphatic carbocycles. The average molecular weight is 245 g/mol. The van der Waals surface area contributed by atoms with Gasteiger partial charge in [-0.1, -0.05) is 16.8 Å². The van der Waals surface area contributed by atoms with Crippen molar-refractivity contribution in [1.29, 1.82) is 0 Å². The van der Waals surface area contributed by atoms with Gasteiger partial charge in [-0.15, -0.1) is 0 Å². The van der Waals surface area contributed by atoms with Crippen molar-refractivity contribution in [3.63, 3.8) is 0 Å². The first kappa shape index (κ1) is 10.3. The van der Waals surface area contributed by atoms with E-state index in [9.17, 15) is 0 Å². The van der Waals surface area contributed by atoms with Crippen LogP contribution in [0.3, 0.4) is 0 Å². The molecule has 2 rings (SSSR count). The van der Waals surface area contributed by atoms with Crippen LogP contribution in [0.4, 0.5) is 0 Å². The standard InChI is InChI=1S/C9H6Cl2N2O2/c1-14-7-3-2-5(4-6(7)10)8-12-9(11)15-13-8/h2-4H,1H3. The number of methoxy groups -OCH3 is 1. The first-order valence-electron chi connectivity index (χ1n) is 4.04. The Morgan fingerprint density at radius 1 is 1.33 bits per heavy atom. The van der Waals surface area contributed by atoms with Gasteiger partial charge in [0.05, 0.1) is 12.1 Å². The van der Waals surface area contributed by atoms with Crippen molar-refractivity contribution in [2.75, 3.05) is 7.11 Å². The summed E-state index contributed by atoms with van der Waals surface area (Å²) in [4.78, 5) is 3.87. The van der Waals surface area contributed by atoms with Crippen LogP contribution in [-0.2, 0) is 0 Å². The molecule has 0 N–H and O–H groups in total. The lowest BCUT2D eigenvalue weighted by molar-refractivity contribution is 0.415. The molecular weight excluding hydrogens is 239 g/mol. The van der Waals surface area contributed by atoms with Crippen LogP contribution in [0, 0.1) is 0 Å². The van der Waals surface area contributed by atoms with Crippen molar-refractivity contribution in [2.45, 2.75) is 0 Å². The van der Waals surface area contributed by atoms with Crippen molar-refractivity contribution < 1.29 is 9.26 Å². The fraction of sp³-hybridized carbons (Fsp3) is 0.111. The molecule has 78 valence electrons. The molecule has 0 saturated carbocycles. The molecule has 0 spiro atoms. The summed E-state index contributed by atoms with van der Waals surface area (Å²) in [6.45, 7) is 0. The minimum atomic E-state index is -0.00283. The van der Waals surface area contributed by atoms with Gasteiger partial charge in [-0.2, -0.15) is 4.98 Å². The van der Waals surface area contributed by atoms with Gasteiger partial charge in [-0.25, -0.2) is 0 Å². The molecule has 2 aromatic rings. The molecule has 1 heterocycles. The molecule has 0 amide bonds. The highest BCUT2D eigenvalue weighted by Crippen LogP contribution is 2.29. The monoisotopic (exact) mass is 244 g/mol. The van der Waals surface area contributed by atoms with Crippen LogP contribution in [0.5, 0.6) is 5.75 Å². The molecule has 6 heteroatoms. The first-order valence-corrected chi connectivity index (χ1v) is 4.79. The van der Waals surface area contributed by atoms with E-state index in [4.69, 9.17) is 27.9 Å². The van der Waals surface area contributed by atoms with Gasteiger partial charge in [0.25, 0.3) is 0 Å². The second-order valence-electron chi connectivity index (χ2n) is 2.72. The van der Waals surface area contributed by atoms with Gasteiger partial charge < -0.3 is 9.26 Å². The van der Waals surface area contributed by atoms with Gasteiger partial charge in [-0.05, 0) is 29.8 Å². The minimum Gasteiger partial charge on any atom is -0.495 e. The van der Waals surface area contributed by atoms with Crippen molar-refractivity contribution in [2.24, 2.45) is 0 Å². The number of ether oxygens (including phenoxy) is 1. The quantitative estimate of drug-likeness (QED) is 0.815.